The fraction of sp³-hybridized carbons (Fsp3) is 0.895. The van der Waals surface area contributed by atoms with Gasteiger partial charge in [-0.05, 0) is 68.6 Å². The molecule has 0 aromatic rings. The molecule has 0 aromatic carbocycles. The molecule has 3 heteroatoms. The molecular formula is C19H28O3. The van der Waals surface area contributed by atoms with Crippen LogP contribution < -0.4 is 0 Å². The Kier molecular flexibility index (Phi) is 3.00. The molecule has 0 bridgehead atoms. The van der Waals surface area contributed by atoms with Crippen LogP contribution >= 0.6 is 0 Å². The van der Waals surface area contributed by atoms with E-state index in [1.54, 1.807) is 0 Å². The van der Waals surface area contributed by atoms with Crippen LogP contribution in [-0.4, -0.2) is 22.3 Å². The van der Waals surface area contributed by atoms with Gasteiger partial charge in [-0.15, -0.1) is 0 Å². The molecule has 0 unspecified atom stereocenters. The van der Waals surface area contributed by atoms with Crippen molar-refractivity contribution in [3.05, 3.63) is 0 Å². The second-order valence-corrected chi connectivity index (χ2v) is 8.95. The van der Waals surface area contributed by atoms with Gasteiger partial charge in [0.1, 0.15) is 11.6 Å². The second kappa shape index (κ2) is 4.43. The van der Waals surface area contributed by atoms with Crippen molar-refractivity contribution >= 4 is 11.6 Å². The van der Waals surface area contributed by atoms with Gasteiger partial charge in [0, 0.05) is 19.3 Å². The van der Waals surface area contributed by atoms with E-state index in [0.29, 0.717) is 36.9 Å². The maximum Gasteiger partial charge on any atom is 0.141 e. The number of rotatable bonds is 0. The zero-order valence-corrected chi connectivity index (χ0v) is 13.9. The van der Waals surface area contributed by atoms with Crippen molar-refractivity contribution in [1.29, 1.82) is 0 Å². The lowest BCUT2D eigenvalue weighted by Gasteiger charge is -2.61. The molecular weight excluding hydrogens is 276 g/mol. The van der Waals surface area contributed by atoms with E-state index < -0.39 is 11.0 Å². The molecule has 0 amide bonds. The molecule has 3 nitrogen and oxygen atoms in total. The summed E-state index contributed by atoms with van der Waals surface area (Å²) in [4.78, 5) is 24.3. The molecule has 122 valence electrons. The average molecular weight is 304 g/mol. The number of carbonyl (C=O) groups is 2. The summed E-state index contributed by atoms with van der Waals surface area (Å²) in [5.41, 5.74) is -1.11. The quantitative estimate of drug-likeness (QED) is 0.747. The van der Waals surface area contributed by atoms with Gasteiger partial charge >= 0.3 is 0 Å². The van der Waals surface area contributed by atoms with Gasteiger partial charge in [-0.3, -0.25) is 9.59 Å². The van der Waals surface area contributed by atoms with Crippen LogP contribution in [-0.2, 0) is 9.59 Å². The Balaban J connectivity index is 1.71. The molecule has 0 aliphatic heterocycles. The lowest BCUT2D eigenvalue weighted by atomic mass is 9.44. The summed E-state index contributed by atoms with van der Waals surface area (Å²) in [5.74, 6) is 1.95. The van der Waals surface area contributed by atoms with Crippen molar-refractivity contribution < 1.29 is 14.7 Å². The third kappa shape index (κ3) is 1.61. The number of carbonyl (C=O) groups excluding carboxylic acids is 2. The SMILES string of the molecule is C[C@]12CCC(=O)C[C@H]1CC[C@@H]1[C@H]2CC[C@@]2(C)C(=O)CC[C@@]12O. The predicted octanol–water partition coefficient (Wildman–Crippen LogP) is 3.28. The van der Waals surface area contributed by atoms with Gasteiger partial charge in [0.25, 0.3) is 0 Å². The molecule has 6 atom stereocenters. The Labute approximate surface area is 132 Å². The molecule has 1 N–H and O–H groups in total. The van der Waals surface area contributed by atoms with Crippen LogP contribution in [0.1, 0.15) is 71.6 Å². The third-order valence-electron chi connectivity index (χ3n) is 8.38. The van der Waals surface area contributed by atoms with E-state index in [1.165, 1.54) is 0 Å². The van der Waals surface area contributed by atoms with Gasteiger partial charge in [0.2, 0.25) is 0 Å². The minimum Gasteiger partial charge on any atom is -0.389 e. The highest BCUT2D eigenvalue weighted by molar-refractivity contribution is 5.88. The monoisotopic (exact) mass is 304 g/mol. The van der Waals surface area contributed by atoms with Crippen molar-refractivity contribution in [2.75, 3.05) is 0 Å². The normalized spacial score (nSPS) is 54.6. The van der Waals surface area contributed by atoms with Crippen LogP contribution in [0, 0.1) is 28.6 Å². The second-order valence-electron chi connectivity index (χ2n) is 8.95. The van der Waals surface area contributed by atoms with Crippen LogP contribution in [0.15, 0.2) is 0 Å². The van der Waals surface area contributed by atoms with E-state index in [-0.39, 0.29) is 17.1 Å². The van der Waals surface area contributed by atoms with Crippen molar-refractivity contribution in [3.63, 3.8) is 0 Å². The molecule has 4 aliphatic carbocycles. The lowest BCUT2D eigenvalue weighted by molar-refractivity contribution is -0.197. The number of hydrogen-bond acceptors (Lipinski definition) is 3. The first-order valence-corrected chi connectivity index (χ1v) is 9.09. The highest BCUT2D eigenvalue weighted by Crippen LogP contribution is 2.66. The molecule has 4 aliphatic rings. The van der Waals surface area contributed by atoms with Gasteiger partial charge in [-0.1, -0.05) is 6.92 Å². The molecule has 4 rings (SSSR count). The Hall–Kier alpha value is -0.700. The van der Waals surface area contributed by atoms with Crippen LogP contribution in [0.2, 0.25) is 0 Å². The van der Waals surface area contributed by atoms with Gasteiger partial charge in [0.15, 0.2) is 0 Å². The van der Waals surface area contributed by atoms with E-state index in [1.807, 2.05) is 6.92 Å². The largest absolute Gasteiger partial charge is 0.389 e. The van der Waals surface area contributed by atoms with Crippen molar-refractivity contribution in [2.45, 2.75) is 77.2 Å². The highest BCUT2D eigenvalue weighted by atomic mass is 16.3. The predicted molar refractivity (Wildman–Crippen MR) is 83.2 cm³/mol. The van der Waals surface area contributed by atoms with Crippen molar-refractivity contribution in [2.24, 2.45) is 28.6 Å². The summed E-state index contributed by atoms with van der Waals surface area (Å²) in [5, 5.41) is 11.5. The van der Waals surface area contributed by atoms with E-state index in [4.69, 9.17) is 0 Å². The van der Waals surface area contributed by atoms with E-state index in [2.05, 4.69) is 6.92 Å². The van der Waals surface area contributed by atoms with Crippen LogP contribution in [0.3, 0.4) is 0 Å². The fourth-order valence-electron chi connectivity index (χ4n) is 6.78. The van der Waals surface area contributed by atoms with Crippen molar-refractivity contribution in [3.8, 4) is 0 Å². The van der Waals surface area contributed by atoms with Crippen LogP contribution in [0.4, 0.5) is 0 Å². The Morgan fingerprint density at radius 2 is 1.73 bits per heavy atom. The minimum absolute atomic E-state index is 0.194. The van der Waals surface area contributed by atoms with E-state index >= 15 is 0 Å². The third-order valence-corrected chi connectivity index (χ3v) is 8.38. The molecule has 0 heterocycles. The summed E-state index contributed by atoms with van der Waals surface area (Å²) in [6.07, 6.45) is 7.58. The minimum atomic E-state index is -0.789. The summed E-state index contributed by atoms with van der Waals surface area (Å²) in [6, 6.07) is 0. The smallest absolute Gasteiger partial charge is 0.141 e. The first kappa shape index (κ1) is 14.9. The van der Waals surface area contributed by atoms with E-state index in [9.17, 15) is 14.7 Å². The molecule has 0 spiro atoms. The maximum absolute atomic E-state index is 12.4. The molecule has 4 saturated carbocycles. The summed E-state index contributed by atoms with van der Waals surface area (Å²) in [7, 11) is 0. The van der Waals surface area contributed by atoms with Gasteiger partial charge in [0.05, 0.1) is 11.0 Å². The average Bonchev–Trinajstić information content (AvgIpc) is 2.72. The molecule has 0 aromatic heterocycles. The van der Waals surface area contributed by atoms with Crippen LogP contribution in [0.25, 0.3) is 0 Å². The maximum atomic E-state index is 12.4. The summed E-state index contributed by atoms with van der Waals surface area (Å²) in [6.45, 7) is 4.38. The topological polar surface area (TPSA) is 54.4 Å². The zero-order valence-electron chi connectivity index (χ0n) is 13.9. The number of hydrogen-bond donors (Lipinski definition) is 1. The standard InChI is InChI=1S/C19H28O3/c1-17-8-5-13(20)11-12(17)3-4-15-14(17)6-9-18(2)16(21)7-10-19(15,18)22/h12,14-15,22H,3-11H2,1-2H3/t12-,14-,15-,17+,18+,19-/m1/s1. The zero-order chi connectivity index (χ0) is 15.8. The lowest BCUT2D eigenvalue weighted by Crippen LogP contribution is -2.62. The van der Waals surface area contributed by atoms with Gasteiger partial charge < -0.3 is 5.11 Å². The van der Waals surface area contributed by atoms with Crippen LogP contribution in [0.5, 0.6) is 0 Å². The fourth-order valence-corrected chi connectivity index (χ4v) is 6.78. The first-order valence-electron chi connectivity index (χ1n) is 9.09. The van der Waals surface area contributed by atoms with E-state index in [0.717, 1.165) is 38.5 Å². The Morgan fingerprint density at radius 3 is 2.50 bits per heavy atom. The molecule has 0 radical (unpaired) electrons. The molecule has 0 saturated heterocycles. The number of fused-ring (bicyclic) bond motifs is 5. The van der Waals surface area contributed by atoms with Crippen molar-refractivity contribution in [1.82, 2.24) is 0 Å². The van der Waals surface area contributed by atoms with Gasteiger partial charge in [-0.2, -0.15) is 0 Å². The molecule has 4 fully saturated rings. The summed E-state index contributed by atoms with van der Waals surface area (Å²) < 4.78 is 0. The molecule has 22 heavy (non-hydrogen) atoms. The highest BCUT2D eigenvalue weighted by Gasteiger charge is 2.67. The summed E-state index contributed by atoms with van der Waals surface area (Å²) >= 11 is 0. The number of aliphatic hydroxyl groups is 1. The van der Waals surface area contributed by atoms with Gasteiger partial charge in [-0.25, -0.2) is 0 Å². The first-order chi connectivity index (χ1) is 10.3. The Morgan fingerprint density at radius 1 is 0.955 bits per heavy atom. The Bertz CT molecular complexity index is 541. The number of ketones is 2. The number of Topliss-reactive ketones (excluding diaryl/α,β-unsaturated/α-hetero) is 2.